The van der Waals surface area contributed by atoms with Gasteiger partial charge in [-0.1, -0.05) is 52.6 Å². The second-order valence-electron chi connectivity index (χ2n) is 4.92. The Labute approximate surface area is 122 Å². The summed E-state index contributed by atoms with van der Waals surface area (Å²) in [7, 11) is 0. The molecular formula is C16H26ClNO. The Bertz CT molecular complexity index is 416. The fraction of sp³-hybridized carbons (Fsp3) is 0.688. The van der Waals surface area contributed by atoms with Crippen molar-refractivity contribution in [3.05, 3.63) is 22.0 Å². The van der Waals surface area contributed by atoms with Crippen LogP contribution in [0.1, 0.15) is 70.3 Å². The molecule has 0 fully saturated rings. The molecule has 0 bridgehead atoms. The molecule has 0 atom stereocenters. The van der Waals surface area contributed by atoms with E-state index in [2.05, 4.69) is 25.8 Å². The van der Waals surface area contributed by atoms with Gasteiger partial charge in [-0.25, -0.2) is 0 Å². The van der Waals surface area contributed by atoms with Gasteiger partial charge in [0.25, 0.3) is 0 Å². The SMILES string of the molecule is CC.CCCc1nc2c(c(C(C)C)c1Cl)OCCC2. The van der Waals surface area contributed by atoms with Gasteiger partial charge in [0.15, 0.2) is 0 Å². The molecule has 3 heteroatoms. The predicted molar refractivity (Wildman–Crippen MR) is 82.5 cm³/mol. The summed E-state index contributed by atoms with van der Waals surface area (Å²) in [5.41, 5.74) is 3.30. The van der Waals surface area contributed by atoms with Crippen LogP contribution in [-0.4, -0.2) is 11.6 Å². The summed E-state index contributed by atoms with van der Waals surface area (Å²) >= 11 is 6.48. The zero-order valence-electron chi connectivity index (χ0n) is 12.8. The summed E-state index contributed by atoms with van der Waals surface area (Å²) in [6, 6.07) is 0. The summed E-state index contributed by atoms with van der Waals surface area (Å²) in [5.74, 6) is 1.34. The highest BCUT2D eigenvalue weighted by Crippen LogP contribution is 2.39. The molecular weight excluding hydrogens is 258 g/mol. The van der Waals surface area contributed by atoms with Gasteiger partial charge in [-0.2, -0.15) is 0 Å². The zero-order valence-corrected chi connectivity index (χ0v) is 13.6. The quantitative estimate of drug-likeness (QED) is 0.764. The van der Waals surface area contributed by atoms with Crippen molar-refractivity contribution >= 4 is 11.6 Å². The normalized spacial score (nSPS) is 13.4. The van der Waals surface area contributed by atoms with E-state index >= 15 is 0 Å². The first kappa shape index (κ1) is 16.3. The highest BCUT2D eigenvalue weighted by molar-refractivity contribution is 6.32. The number of rotatable bonds is 3. The molecule has 1 aliphatic heterocycles. The topological polar surface area (TPSA) is 22.1 Å². The number of halogens is 1. The molecule has 0 aromatic carbocycles. The molecule has 0 amide bonds. The molecule has 0 saturated heterocycles. The number of nitrogens with zero attached hydrogens (tertiary/aromatic N) is 1. The summed E-state index contributed by atoms with van der Waals surface area (Å²) < 4.78 is 5.78. The summed E-state index contributed by atoms with van der Waals surface area (Å²) in [6.07, 6.45) is 4.10. The number of ether oxygens (including phenoxy) is 1. The number of hydrogen-bond acceptors (Lipinski definition) is 2. The average Bonchev–Trinajstić information content (AvgIpc) is 2.42. The minimum atomic E-state index is 0.382. The van der Waals surface area contributed by atoms with E-state index in [9.17, 15) is 0 Å². The van der Waals surface area contributed by atoms with Gasteiger partial charge in [0.2, 0.25) is 0 Å². The maximum absolute atomic E-state index is 6.48. The van der Waals surface area contributed by atoms with Crippen LogP contribution in [0.2, 0.25) is 5.02 Å². The molecule has 2 nitrogen and oxygen atoms in total. The third-order valence-corrected chi connectivity index (χ3v) is 3.56. The van der Waals surface area contributed by atoms with Crippen LogP contribution in [0.25, 0.3) is 0 Å². The van der Waals surface area contributed by atoms with E-state index in [-0.39, 0.29) is 0 Å². The lowest BCUT2D eigenvalue weighted by Gasteiger charge is -2.24. The third-order valence-electron chi connectivity index (χ3n) is 3.13. The molecule has 19 heavy (non-hydrogen) atoms. The number of fused-ring (bicyclic) bond motifs is 1. The first-order chi connectivity index (χ1) is 9.15. The van der Waals surface area contributed by atoms with E-state index in [1.54, 1.807) is 0 Å². The van der Waals surface area contributed by atoms with Crippen LogP contribution in [0.3, 0.4) is 0 Å². The van der Waals surface area contributed by atoms with E-state index in [0.717, 1.165) is 60.0 Å². The molecule has 108 valence electrons. The van der Waals surface area contributed by atoms with Crippen molar-refractivity contribution in [2.24, 2.45) is 0 Å². The van der Waals surface area contributed by atoms with Crippen molar-refractivity contribution in [2.75, 3.05) is 6.61 Å². The highest BCUT2D eigenvalue weighted by Gasteiger charge is 2.23. The first-order valence-corrected chi connectivity index (χ1v) is 7.86. The lowest BCUT2D eigenvalue weighted by Crippen LogP contribution is -2.15. The van der Waals surface area contributed by atoms with Crippen molar-refractivity contribution in [2.45, 2.75) is 66.2 Å². The number of hydrogen-bond donors (Lipinski definition) is 0. The van der Waals surface area contributed by atoms with Crippen LogP contribution >= 0.6 is 11.6 Å². The molecule has 2 heterocycles. The number of pyridine rings is 1. The molecule has 0 unspecified atom stereocenters. The lowest BCUT2D eigenvalue weighted by atomic mass is 9.97. The fourth-order valence-electron chi connectivity index (χ4n) is 2.34. The van der Waals surface area contributed by atoms with E-state index in [1.807, 2.05) is 13.8 Å². The molecule has 0 aliphatic carbocycles. The maximum atomic E-state index is 6.48. The smallest absolute Gasteiger partial charge is 0.145 e. The Morgan fingerprint density at radius 3 is 2.58 bits per heavy atom. The van der Waals surface area contributed by atoms with Crippen molar-refractivity contribution in [3.63, 3.8) is 0 Å². The Morgan fingerprint density at radius 1 is 1.32 bits per heavy atom. The molecule has 1 aliphatic rings. The monoisotopic (exact) mass is 283 g/mol. The molecule has 1 aromatic rings. The van der Waals surface area contributed by atoms with Crippen molar-refractivity contribution in [1.82, 2.24) is 4.98 Å². The van der Waals surface area contributed by atoms with Gasteiger partial charge in [-0.15, -0.1) is 0 Å². The van der Waals surface area contributed by atoms with Gasteiger partial charge in [-0.3, -0.25) is 4.98 Å². The standard InChI is InChI=1S/C14H20ClNO.C2H6/c1-4-6-10-13(15)12(9(2)3)14-11(16-10)7-5-8-17-14;1-2/h9H,4-8H2,1-3H3;1-2H3. The Balaban J connectivity index is 0.000000861. The van der Waals surface area contributed by atoms with Gasteiger partial charge in [0.05, 0.1) is 23.0 Å². The van der Waals surface area contributed by atoms with Crippen LogP contribution in [0, 0.1) is 0 Å². The van der Waals surface area contributed by atoms with Crippen LogP contribution < -0.4 is 4.74 Å². The van der Waals surface area contributed by atoms with Crippen molar-refractivity contribution < 1.29 is 4.74 Å². The van der Waals surface area contributed by atoms with Gasteiger partial charge >= 0.3 is 0 Å². The lowest BCUT2D eigenvalue weighted by molar-refractivity contribution is 0.280. The van der Waals surface area contributed by atoms with Crippen LogP contribution in [0.5, 0.6) is 5.75 Å². The summed E-state index contributed by atoms with van der Waals surface area (Å²) in [4.78, 5) is 4.69. The van der Waals surface area contributed by atoms with Gasteiger partial charge in [-0.05, 0) is 25.2 Å². The zero-order chi connectivity index (χ0) is 14.4. The molecule has 1 aromatic heterocycles. The Morgan fingerprint density at radius 2 is 2.00 bits per heavy atom. The minimum absolute atomic E-state index is 0.382. The molecule has 0 spiro atoms. The first-order valence-electron chi connectivity index (χ1n) is 7.49. The predicted octanol–water partition coefficient (Wildman–Crippen LogP) is 5.16. The second kappa shape index (κ2) is 7.74. The van der Waals surface area contributed by atoms with E-state index in [0.29, 0.717) is 5.92 Å². The maximum Gasteiger partial charge on any atom is 0.145 e. The highest BCUT2D eigenvalue weighted by atomic mass is 35.5. The Hall–Kier alpha value is -0.760. The van der Waals surface area contributed by atoms with Crippen molar-refractivity contribution in [3.8, 4) is 5.75 Å². The number of aryl methyl sites for hydroxylation is 2. The van der Waals surface area contributed by atoms with E-state index < -0.39 is 0 Å². The van der Waals surface area contributed by atoms with Gasteiger partial charge in [0.1, 0.15) is 5.75 Å². The molecule has 0 N–H and O–H groups in total. The largest absolute Gasteiger partial charge is 0.491 e. The van der Waals surface area contributed by atoms with Crippen LogP contribution in [0.15, 0.2) is 0 Å². The Kier molecular flexibility index (Phi) is 6.64. The van der Waals surface area contributed by atoms with E-state index in [4.69, 9.17) is 16.3 Å². The molecule has 0 radical (unpaired) electrons. The fourth-order valence-corrected chi connectivity index (χ4v) is 2.78. The van der Waals surface area contributed by atoms with Crippen LogP contribution in [-0.2, 0) is 12.8 Å². The van der Waals surface area contributed by atoms with Gasteiger partial charge < -0.3 is 4.74 Å². The van der Waals surface area contributed by atoms with Gasteiger partial charge in [0, 0.05) is 5.56 Å². The van der Waals surface area contributed by atoms with E-state index in [1.165, 1.54) is 0 Å². The van der Waals surface area contributed by atoms with Crippen LogP contribution in [0.4, 0.5) is 0 Å². The molecule has 2 rings (SSSR count). The second-order valence-corrected chi connectivity index (χ2v) is 5.30. The summed E-state index contributed by atoms with van der Waals surface area (Å²) in [5, 5.41) is 0.822. The van der Waals surface area contributed by atoms with Crippen molar-refractivity contribution in [1.29, 1.82) is 0 Å². The summed E-state index contributed by atoms with van der Waals surface area (Å²) in [6.45, 7) is 11.3. The minimum Gasteiger partial charge on any atom is -0.491 e. The average molecular weight is 284 g/mol. The molecule has 0 saturated carbocycles. The third kappa shape index (κ3) is 3.62. The number of aromatic nitrogens is 1.